The van der Waals surface area contributed by atoms with Crippen LogP contribution in [-0.4, -0.2) is 23.9 Å². The fourth-order valence-electron chi connectivity index (χ4n) is 2.96. The van der Waals surface area contributed by atoms with Gasteiger partial charge in [0.2, 0.25) is 5.91 Å². The molecule has 1 aliphatic carbocycles. The van der Waals surface area contributed by atoms with E-state index in [1.54, 1.807) is 0 Å². The van der Waals surface area contributed by atoms with Crippen molar-refractivity contribution in [3.8, 4) is 0 Å². The molecule has 1 amide bonds. The van der Waals surface area contributed by atoms with Crippen LogP contribution in [0.5, 0.6) is 0 Å². The second-order valence-corrected chi connectivity index (χ2v) is 6.73. The number of carbonyl (C=O) groups excluding carboxylic acids is 1. The quantitative estimate of drug-likeness (QED) is 0.819. The van der Waals surface area contributed by atoms with E-state index >= 15 is 0 Å². The minimum absolute atomic E-state index is 0.247. The van der Waals surface area contributed by atoms with Crippen molar-refractivity contribution in [2.75, 3.05) is 7.05 Å². The van der Waals surface area contributed by atoms with Crippen LogP contribution in [-0.2, 0) is 10.2 Å². The molecule has 1 aromatic rings. The lowest BCUT2D eigenvalue weighted by Gasteiger charge is -2.35. The molecule has 19 heavy (non-hydrogen) atoms. The summed E-state index contributed by atoms with van der Waals surface area (Å²) in [6.07, 6.45) is 4.23. The van der Waals surface area contributed by atoms with E-state index in [-0.39, 0.29) is 17.4 Å². The smallest absolute Gasteiger partial charge is 0.233 e. The molecular weight excluding hydrogens is 302 g/mol. The zero-order chi connectivity index (χ0) is 14.0. The third-order valence-corrected chi connectivity index (χ3v) is 4.83. The first-order valence-corrected chi connectivity index (χ1v) is 7.80. The van der Waals surface area contributed by atoms with E-state index in [4.69, 9.17) is 0 Å². The highest BCUT2D eigenvalue weighted by Gasteiger charge is 2.44. The average Bonchev–Trinajstić information content (AvgIpc) is 2.87. The molecule has 0 aliphatic heterocycles. The SMILES string of the molecule is CC(C)N(C)C(=O)C1(c2cccc(Br)c2)CCCC1. The molecule has 0 spiro atoms. The molecular formula is C16H22BrNO. The van der Waals surface area contributed by atoms with Crippen molar-refractivity contribution < 1.29 is 4.79 Å². The number of halogens is 1. The second kappa shape index (κ2) is 5.66. The van der Waals surface area contributed by atoms with Gasteiger partial charge in [0.05, 0.1) is 5.41 Å². The van der Waals surface area contributed by atoms with Gasteiger partial charge in [-0.15, -0.1) is 0 Å². The Balaban J connectivity index is 2.41. The van der Waals surface area contributed by atoms with Gasteiger partial charge in [-0.2, -0.15) is 0 Å². The summed E-state index contributed by atoms with van der Waals surface area (Å²) >= 11 is 3.52. The van der Waals surface area contributed by atoms with Gasteiger partial charge in [-0.1, -0.05) is 40.9 Å². The van der Waals surface area contributed by atoms with E-state index in [0.29, 0.717) is 0 Å². The number of nitrogens with zero attached hydrogens (tertiary/aromatic N) is 1. The maximum Gasteiger partial charge on any atom is 0.233 e. The summed E-state index contributed by atoms with van der Waals surface area (Å²) in [5.74, 6) is 0.276. The Morgan fingerprint density at radius 1 is 1.32 bits per heavy atom. The first kappa shape index (κ1) is 14.6. The lowest BCUT2D eigenvalue weighted by atomic mass is 9.77. The first-order valence-electron chi connectivity index (χ1n) is 7.01. The number of carbonyl (C=O) groups is 1. The molecule has 0 unspecified atom stereocenters. The van der Waals surface area contributed by atoms with E-state index in [9.17, 15) is 4.79 Å². The minimum Gasteiger partial charge on any atom is -0.343 e. The Morgan fingerprint density at radius 2 is 1.95 bits per heavy atom. The number of benzene rings is 1. The molecule has 3 heteroatoms. The largest absolute Gasteiger partial charge is 0.343 e. The highest BCUT2D eigenvalue weighted by molar-refractivity contribution is 9.10. The van der Waals surface area contributed by atoms with Crippen LogP contribution in [0, 0.1) is 0 Å². The number of rotatable bonds is 3. The van der Waals surface area contributed by atoms with Crippen molar-refractivity contribution in [2.24, 2.45) is 0 Å². The predicted molar refractivity (Wildman–Crippen MR) is 82.2 cm³/mol. The van der Waals surface area contributed by atoms with Crippen molar-refractivity contribution in [1.82, 2.24) is 4.90 Å². The van der Waals surface area contributed by atoms with Gasteiger partial charge in [-0.3, -0.25) is 4.79 Å². The molecule has 104 valence electrons. The van der Waals surface area contributed by atoms with Gasteiger partial charge in [0.1, 0.15) is 0 Å². The Morgan fingerprint density at radius 3 is 2.47 bits per heavy atom. The van der Waals surface area contributed by atoms with Crippen molar-refractivity contribution in [3.63, 3.8) is 0 Å². The lowest BCUT2D eigenvalue weighted by molar-refractivity contribution is -0.137. The Kier molecular flexibility index (Phi) is 4.34. The molecule has 1 fully saturated rings. The summed E-state index contributed by atoms with van der Waals surface area (Å²) in [5, 5.41) is 0. The number of likely N-dealkylation sites (N-methyl/N-ethyl adjacent to an activating group) is 1. The highest BCUT2D eigenvalue weighted by atomic mass is 79.9. The average molecular weight is 324 g/mol. The van der Waals surface area contributed by atoms with Gasteiger partial charge in [0.25, 0.3) is 0 Å². The normalized spacial score (nSPS) is 17.7. The predicted octanol–water partition coefficient (Wildman–Crippen LogP) is 4.13. The maximum absolute atomic E-state index is 12.9. The molecule has 0 N–H and O–H groups in total. The summed E-state index contributed by atoms with van der Waals surface area (Å²) in [4.78, 5) is 14.8. The van der Waals surface area contributed by atoms with Gasteiger partial charge < -0.3 is 4.90 Å². The number of hydrogen-bond acceptors (Lipinski definition) is 1. The molecule has 0 bridgehead atoms. The van der Waals surface area contributed by atoms with Crippen LogP contribution in [0.3, 0.4) is 0 Å². The van der Waals surface area contributed by atoms with Crippen molar-refractivity contribution in [3.05, 3.63) is 34.3 Å². The van der Waals surface area contributed by atoms with Crippen LogP contribution in [0.25, 0.3) is 0 Å². The van der Waals surface area contributed by atoms with Gasteiger partial charge in [0.15, 0.2) is 0 Å². The molecule has 0 aromatic heterocycles. The monoisotopic (exact) mass is 323 g/mol. The standard InChI is InChI=1S/C16H22BrNO/c1-12(2)18(3)15(19)16(9-4-5-10-16)13-7-6-8-14(17)11-13/h6-8,11-12H,4-5,9-10H2,1-3H3. The molecule has 0 heterocycles. The molecule has 0 saturated heterocycles. The van der Waals surface area contributed by atoms with Crippen LogP contribution in [0.4, 0.5) is 0 Å². The summed E-state index contributed by atoms with van der Waals surface area (Å²) < 4.78 is 1.05. The third-order valence-electron chi connectivity index (χ3n) is 4.34. The number of amides is 1. The van der Waals surface area contributed by atoms with Gasteiger partial charge in [-0.05, 0) is 44.4 Å². The van der Waals surface area contributed by atoms with Crippen LogP contribution in [0.2, 0.25) is 0 Å². The van der Waals surface area contributed by atoms with E-state index in [1.165, 1.54) is 0 Å². The zero-order valence-electron chi connectivity index (χ0n) is 11.9. The second-order valence-electron chi connectivity index (χ2n) is 5.81. The molecule has 1 aromatic carbocycles. The maximum atomic E-state index is 12.9. The molecule has 0 radical (unpaired) electrons. The summed E-state index contributed by atoms with van der Waals surface area (Å²) in [6.45, 7) is 4.14. The molecule has 1 saturated carbocycles. The van der Waals surface area contributed by atoms with Crippen LogP contribution in [0.1, 0.15) is 45.1 Å². The summed E-state index contributed by atoms with van der Waals surface area (Å²) in [7, 11) is 1.92. The van der Waals surface area contributed by atoms with Crippen LogP contribution >= 0.6 is 15.9 Å². The molecule has 2 nitrogen and oxygen atoms in total. The van der Waals surface area contributed by atoms with E-state index in [2.05, 4.69) is 41.9 Å². The fourth-order valence-corrected chi connectivity index (χ4v) is 3.36. The van der Waals surface area contributed by atoms with Crippen molar-refractivity contribution in [2.45, 2.75) is 51.0 Å². The highest BCUT2D eigenvalue weighted by Crippen LogP contribution is 2.43. The number of hydrogen-bond donors (Lipinski definition) is 0. The van der Waals surface area contributed by atoms with Crippen molar-refractivity contribution in [1.29, 1.82) is 0 Å². The zero-order valence-corrected chi connectivity index (χ0v) is 13.5. The first-order chi connectivity index (χ1) is 8.97. The van der Waals surface area contributed by atoms with Crippen molar-refractivity contribution >= 4 is 21.8 Å². The van der Waals surface area contributed by atoms with E-state index in [1.807, 2.05) is 24.1 Å². The topological polar surface area (TPSA) is 20.3 Å². The Labute approximate surface area is 124 Å². The lowest BCUT2D eigenvalue weighted by Crippen LogP contribution is -2.46. The fraction of sp³-hybridized carbons (Fsp3) is 0.562. The van der Waals surface area contributed by atoms with E-state index in [0.717, 1.165) is 35.7 Å². The van der Waals surface area contributed by atoms with Gasteiger partial charge in [0, 0.05) is 17.6 Å². The minimum atomic E-state index is -0.303. The van der Waals surface area contributed by atoms with Gasteiger partial charge >= 0.3 is 0 Å². The molecule has 2 rings (SSSR count). The third kappa shape index (κ3) is 2.71. The van der Waals surface area contributed by atoms with E-state index < -0.39 is 0 Å². The summed E-state index contributed by atoms with van der Waals surface area (Å²) in [5.41, 5.74) is 0.861. The molecule has 0 atom stereocenters. The van der Waals surface area contributed by atoms with Crippen LogP contribution < -0.4 is 0 Å². The van der Waals surface area contributed by atoms with Crippen LogP contribution in [0.15, 0.2) is 28.7 Å². The Hall–Kier alpha value is -0.830. The summed E-state index contributed by atoms with van der Waals surface area (Å²) in [6, 6.07) is 8.50. The Bertz CT molecular complexity index is 464. The van der Waals surface area contributed by atoms with Gasteiger partial charge in [-0.25, -0.2) is 0 Å². The molecule has 1 aliphatic rings.